The third-order valence-corrected chi connectivity index (χ3v) is 3.92. The standard InChI is InChI=1S/C17H25NO3/c1-10-7-11(2)16(14(5)19)13(4)15(10)9-18(6)8-12(3)17(20)21/h7,12H,8-9H2,1-6H3,(H,20,21). The van der Waals surface area contributed by atoms with Crippen LogP contribution in [0.25, 0.3) is 0 Å². The highest BCUT2D eigenvalue weighted by atomic mass is 16.4. The first-order valence-corrected chi connectivity index (χ1v) is 7.17. The summed E-state index contributed by atoms with van der Waals surface area (Å²) in [5.41, 5.74) is 5.06. The summed E-state index contributed by atoms with van der Waals surface area (Å²) in [5, 5.41) is 8.99. The van der Waals surface area contributed by atoms with E-state index in [1.165, 1.54) is 0 Å². The van der Waals surface area contributed by atoms with Gasteiger partial charge >= 0.3 is 5.97 Å². The lowest BCUT2D eigenvalue weighted by molar-refractivity contribution is -0.141. The molecule has 0 aliphatic carbocycles. The van der Waals surface area contributed by atoms with E-state index in [2.05, 4.69) is 0 Å². The van der Waals surface area contributed by atoms with Crippen molar-refractivity contribution in [2.75, 3.05) is 13.6 Å². The topological polar surface area (TPSA) is 57.6 Å². The van der Waals surface area contributed by atoms with Crippen molar-refractivity contribution in [2.24, 2.45) is 5.92 Å². The van der Waals surface area contributed by atoms with E-state index in [1.54, 1.807) is 13.8 Å². The normalized spacial score (nSPS) is 12.5. The fraction of sp³-hybridized carbons (Fsp3) is 0.529. The zero-order chi connectivity index (χ0) is 16.3. The van der Waals surface area contributed by atoms with Crippen LogP contribution in [0.5, 0.6) is 0 Å². The van der Waals surface area contributed by atoms with Gasteiger partial charge in [0.2, 0.25) is 0 Å². The maximum absolute atomic E-state index is 11.8. The minimum absolute atomic E-state index is 0.0767. The first-order valence-electron chi connectivity index (χ1n) is 7.17. The van der Waals surface area contributed by atoms with Crippen LogP contribution in [0.2, 0.25) is 0 Å². The van der Waals surface area contributed by atoms with Crippen LogP contribution < -0.4 is 0 Å². The summed E-state index contributed by atoms with van der Waals surface area (Å²) in [6.07, 6.45) is 0. The van der Waals surface area contributed by atoms with E-state index in [-0.39, 0.29) is 5.78 Å². The number of carbonyl (C=O) groups is 2. The van der Waals surface area contributed by atoms with Crippen molar-refractivity contribution in [3.63, 3.8) is 0 Å². The number of nitrogens with zero attached hydrogens (tertiary/aromatic N) is 1. The van der Waals surface area contributed by atoms with Crippen molar-refractivity contribution in [1.82, 2.24) is 4.90 Å². The van der Waals surface area contributed by atoms with E-state index in [9.17, 15) is 9.59 Å². The van der Waals surface area contributed by atoms with Crippen molar-refractivity contribution in [3.05, 3.63) is 33.9 Å². The minimum atomic E-state index is -0.788. The Bertz CT molecular complexity index is 564. The first kappa shape index (κ1) is 17.4. The van der Waals surface area contributed by atoms with Crippen molar-refractivity contribution in [2.45, 2.75) is 41.2 Å². The number of carboxylic acids is 1. The van der Waals surface area contributed by atoms with Gasteiger partial charge in [0.15, 0.2) is 5.78 Å². The molecule has 0 radical (unpaired) electrons. The maximum Gasteiger partial charge on any atom is 0.307 e. The number of ketones is 1. The molecule has 0 aliphatic heterocycles. The highest BCUT2D eigenvalue weighted by Crippen LogP contribution is 2.24. The van der Waals surface area contributed by atoms with Crippen molar-refractivity contribution in [3.8, 4) is 0 Å². The third kappa shape index (κ3) is 4.14. The van der Waals surface area contributed by atoms with E-state index in [0.717, 1.165) is 27.8 Å². The summed E-state index contributed by atoms with van der Waals surface area (Å²) in [6.45, 7) is 10.4. The van der Waals surface area contributed by atoms with Crippen molar-refractivity contribution < 1.29 is 14.7 Å². The summed E-state index contributed by atoms with van der Waals surface area (Å²) in [5.74, 6) is -1.12. The molecule has 0 aliphatic rings. The van der Waals surface area contributed by atoms with Crippen LogP contribution in [-0.2, 0) is 11.3 Å². The molecule has 1 aromatic rings. The average molecular weight is 291 g/mol. The van der Waals surface area contributed by atoms with Gasteiger partial charge in [-0.2, -0.15) is 0 Å². The predicted octanol–water partition coefficient (Wildman–Crippen LogP) is 2.97. The lowest BCUT2D eigenvalue weighted by Gasteiger charge is -2.23. The van der Waals surface area contributed by atoms with Crippen LogP contribution in [-0.4, -0.2) is 35.4 Å². The molecule has 4 heteroatoms. The Morgan fingerprint density at radius 2 is 1.81 bits per heavy atom. The Kier molecular flexibility index (Phi) is 5.67. The Morgan fingerprint density at radius 1 is 1.24 bits per heavy atom. The summed E-state index contributed by atoms with van der Waals surface area (Å²) < 4.78 is 0. The number of aliphatic carboxylic acids is 1. The van der Waals surface area contributed by atoms with Crippen LogP contribution in [0.1, 0.15) is 46.5 Å². The second kappa shape index (κ2) is 6.85. The maximum atomic E-state index is 11.8. The fourth-order valence-corrected chi connectivity index (χ4v) is 2.89. The van der Waals surface area contributed by atoms with Gasteiger partial charge in [-0.15, -0.1) is 0 Å². The summed E-state index contributed by atoms with van der Waals surface area (Å²) in [4.78, 5) is 24.7. The summed E-state index contributed by atoms with van der Waals surface area (Å²) in [7, 11) is 1.91. The van der Waals surface area contributed by atoms with Gasteiger partial charge in [0.25, 0.3) is 0 Å². The molecule has 1 atom stereocenters. The smallest absolute Gasteiger partial charge is 0.307 e. The monoisotopic (exact) mass is 291 g/mol. The molecule has 0 aromatic heterocycles. The Hall–Kier alpha value is -1.68. The minimum Gasteiger partial charge on any atom is -0.481 e. The first-order chi connectivity index (χ1) is 9.65. The van der Waals surface area contributed by atoms with Gasteiger partial charge in [0, 0.05) is 18.7 Å². The quantitative estimate of drug-likeness (QED) is 0.819. The zero-order valence-corrected chi connectivity index (χ0v) is 13.8. The van der Waals surface area contributed by atoms with Crippen molar-refractivity contribution in [1.29, 1.82) is 0 Å². The van der Waals surface area contributed by atoms with Crippen molar-refractivity contribution >= 4 is 11.8 Å². The van der Waals surface area contributed by atoms with Gasteiger partial charge in [-0.05, 0) is 57.0 Å². The number of aryl methyl sites for hydroxylation is 2. The largest absolute Gasteiger partial charge is 0.481 e. The number of benzene rings is 1. The highest BCUT2D eigenvalue weighted by molar-refractivity contribution is 5.97. The summed E-state index contributed by atoms with van der Waals surface area (Å²) >= 11 is 0. The fourth-order valence-electron chi connectivity index (χ4n) is 2.89. The van der Waals surface area contributed by atoms with Gasteiger partial charge < -0.3 is 10.0 Å². The molecular weight excluding hydrogens is 266 g/mol. The van der Waals surface area contributed by atoms with E-state index in [1.807, 2.05) is 38.8 Å². The number of rotatable bonds is 6. The molecule has 0 spiro atoms. The van der Waals surface area contributed by atoms with E-state index < -0.39 is 11.9 Å². The van der Waals surface area contributed by atoms with Crippen LogP contribution in [0.15, 0.2) is 6.07 Å². The molecule has 1 N–H and O–H groups in total. The van der Waals surface area contributed by atoms with E-state index in [0.29, 0.717) is 13.1 Å². The molecule has 0 saturated heterocycles. The van der Waals surface area contributed by atoms with Gasteiger partial charge in [-0.25, -0.2) is 0 Å². The molecule has 0 heterocycles. The molecule has 1 rings (SSSR count). The molecule has 4 nitrogen and oxygen atoms in total. The van der Waals surface area contributed by atoms with Gasteiger partial charge in [0.1, 0.15) is 0 Å². The predicted molar refractivity (Wildman–Crippen MR) is 83.8 cm³/mol. The van der Waals surface area contributed by atoms with Crippen LogP contribution >= 0.6 is 0 Å². The molecule has 1 aromatic carbocycles. The molecule has 21 heavy (non-hydrogen) atoms. The Morgan fingerprint density at radius 3 is 2.29 bits per heavy atom. The molecule has 0 saturated carbocycles. The zero-order valence-electron chi connectivity index (χ0n) is 13.8. The lowest BCUT2D eigenvalue weighted by atomic mass is 9.91. The van der Waals surface area contributed by atoms with Crippen LogP contribution in [0.3, 0.4) is 0 Å². The van der Waals surface area contributed by atoms with E-state index in [4.69, 9.17) is 5.11 Å². The Balaban J connectivity index is 3.06. The number of carbonyl (C=O) groups excluding carboxylic acids is 1. The second-order valence-electron chi connectivity index (χ2n) is 5.98. The Labute approximate surface area is 126 Å². The molecule has 0 fully saturated rings. The second-order valence-corrected chi connectivity index (χ2v) is 5.98. The summed E-state index contributed by atoms with van der Waals surface area (Å²) in [6, 6.07) is 2.04. The average Bonchev–Trinajstić information content (AvgIpc) is 2.33. The molecule has 116 valence electrons. The van der Waals surface area contributed by atoms with E-state index >= 15 is 0 Å². The van der Waals surface area contributed by atoms with Crippen LogP contribution in [0, 0.1) is 26.7 Å². The number of Topliss-reactive ketones (excluding diaryl/α,β-unsaturated/α-hetero) is 1. The third-order valence-electron chi connectivity index (χ3n) is 3.92. The molecule has 1 unspecified atom stereocenters. The lowest BCUT2D eigenvalue weighted by Crippen LogP contribution is -2.29. The number of hydrogen-bond acceptors (Lipinski definition) is 3. The number of carboxylic acid groups (broad SMARTS) is 1. The van der Waals surface area contributed by atoms with Gasteiger partial charge in [0.05, 0.1) is 5.92 Å². The molecule has 0 bridgehead atoms. The van der Waals surface area contributed by atoms with Gasteiger partial charge in [-0.3, -0.25) is 9.59 Å². The SMILES string of the molecule is CC(=O)c1c(C)cc(C)c(CN(C)CC(C)C(=O)O)c1C. The molecule has 0 amide bonds. The highest BCUT2D eigenvalue weighted by Gasteiger charge is 2.18. The van der Waals surface area contributed by atoms with Crippen LogP contribution in [0.4, 0.5) is 0 Å². The number of hydrogen-bond donors (Lipinski definition) is 1. The van der Waals surface area contributed by atoms with Gasteiger partial charge in [-0.1, -0.05) is 13.0 Å². The molecular formula is C17H25NO3.